The Hall–Kier alpha value is -3.09. The zero-order valence-electron chi connectivity index (χ0n) is 10.3. The first-order chi connectivity index (χ1) is 9.58. The molecule has 7 heteroatoms. The van der Waals surface area contributed by atoms with Crippen molar-refractivity contribution in [3.8, 4) is 5.75 Å². The molecule has 102 valence electrons. The van der Waals surface area contributed by atoms with Gasteiger partial charge in [0, 0.05) is 29.7 Å². The Labute approximate surface area is 114 Å². The summed E-state index contributed by atoms with van der Waals surface area (Å²) in [6.07, 6.45) is 2.92. The van der Waals surface area contributed by atoms with Crippen LogP contribution in [0, 0.1) is 0 Å². The molecule has 0 aliphatic rings. The van der Waals surface area contributed by atoms with Gasteiger partial charge in [0.05, 0.1) is 5.56 Å². The number of amides is 2. The summed E-state index contributed by atoms with van der Waals surface area (Å²) in [5.41, 5.74) is 10.6. The average Bonchev–Trinajstić information content (AvgIpc) is 2.45. The lowest BCUT2D eigenvalue weighted by Gasteiger charge is -2.08. The molecule has 1 heterocycles. The average molecular weight is 272 g/mol. The standard InChI is InChI=1S/C13H12N4O3/c14-9-1-2-10(11(18)7-9)13(20)17-16-12(19)8-3-5-15-6-4-8/h1-7,18H,14H2,(H,16,19)(H,17,20). The maximum atomic E-state index is 11.8. The highest BCUT2D eigenvalue weighted by Gasteiger charge is 2.12. The highest BCUT2D eigenvalue weighted by molar-refractivity contribution is 6.00. The van der Waals surface area contributed by atoms with E-state index in [0.29, 0.717) is 11.3 Å². The molecule has 1 aromatic carbocycles. The maximum Gasteiger partial charge on any atom is 0.273 e. The molecule has 1 aromatic heterocycles. The molecule has 7 nitrogen and oxygen atoms in total. The van der Waals surface area contributed by atoms with Gasteiger partial charge < -0.3 is 10.8 Å². The van der Waals surface area contributed by atoms with Crippen LogP contribution in [0.2, 0.25) is 0 Å². The molecule has 2 aromatic rings. The van der Waals surface area contributed by atoms with Gasteiger partial charge in [-0.15, -0.1) is 0 Å². The lowest BCUT2D eigenvalue weighted by Crippen LogP contribution is -2.41. The van der Waals surface area contributed by atoms with Crippen LogP contribution in [-0.2, 0) is 0 Å². The predicted octanol–water partition coefficient (Wildman–Crippen LogP) is 0.444. The minimum Gasteiger partial charge on any atom is -0.507 e. The van der Waals surface area contributed by atoms with E-state index in [1.165, 1.54) is 42.7 Å². The minimum absolute atomic E-state index is 0.00854. The van der Waals surface area contributed by atoms with Crippen LogP contribution in [0.1, 0.15) is 20.7 Å². The second kappa shape index (κ2) is 5.70. The third-order valence-electron chi connectivity index (χ3n) is 2.50. The van der Waals surface area contributed by atoms with Gasteiger partial charge >= 0.3 is 0 Å². The highest BCUT2D eigenvalue weighted by atomic mass is 16.3. The lowest BCUT2D eigenvalue weighted by atomic mass is 10.2. The fraction of sp³-hybridized carbons (Fsp3) is 0. The van der Waals surface area contributed by atoms with E-state index in [-0.39, 0.29) is 11.3 Å². The number of hydrogen-bond acceptors (Lipinski definition) is 5. The first-order valence-electron chi connectivity index (χ1n) is 5.67. The van der Waals surface area contributed by atoms with E-state index in [9.17, 15) is 14.7 Å². The predicted molar refractivity (Wildman–Crippen MR) is 71.7 cm³/mol. The number of benzene rings is 1. The van der Waals surface area contributed by atoms with Crippen molar-refractivity contribution in [3.05, 3.63) is 53.9 Å². The molecule has 0 aliphatic heterocycles. The topological polar surface area (TPSA) is 117 Å². The Balaban J connectivity index is 2.00. The number of nitrogens with zero attached hydrogens (tertiary/aromatic N) is 1. The minimum atomic E-state index is -0.648. The monoisotopic (exact) mass is 272 g/mol. The van der Waals surface area contributed by atoms with E-state index < -0.39 is 11.8 Å². The molecule has 5 N–H and O–H groups in total. The number of aromatic hydroxyl groups is 1. The van der Waals surface area contributed by atoms with Crippen LogP contribution in [0.25, 0.3) is 0 Å². The molecule has 2 rings (SSSR count). The van der Waals surface area contributed by atoms with Crippen molar-refractivity contribution >= 4 is 17.5 Å². The van der Waals surface area contributed by atoms with Gasteiger partial charge in [-0.25, -0.2) is 0 Å². The van der Waals surface area contributed by atoms with Gasteiger partial charge in [-0.1, -0.05) is 0 Å². The summed E-state index contributed by atoms with van der Waals surface area (Å²) in [5, 5.41) is 9.58. The summed E-state index contributed by atoms with van der Waals surface area (Å²) in [6, 6.07) is 7.09. The molecule has 0 saturated carbocycles. The fourth-order valence-corrected chi connectivity index (χ4v) is 1.50. The van der Waals surface area contributed by atoms with Crippen LogP contribution in [0.4, 0.5) is 5.69 Å². The fourth-order valence-electron chi connectivity index (χ4n) is 1.50. The first-order valence-corrected chi connectivity index (χ1v) is 5.67. The Bertz CT molecular complexity index is 643. The summed E-state index contributed by atoms with van der Waals surface area (Å²) in [6.45, 7) is 0. The van der Waals surface area contributed by atoms with Crippen LogP contribution < -0.4 is 16.6 Å². The summed E-state index contributed by atoms with van der Waals surface area (Å²) in [5.74, 6) is -1.40. The molecule has 0 bridgehead atoms. The number of hydrazine groups is 1. The number of phenols is 1. The van der Waals surface area contributed by atoms with Gasteiger partial charge in [0.1, 0.15) is 5.75 Å². The molecule has 0 spiro atoms. The van der Waals surface area contributed by atoms with E-state index in [1.807, 2.05) is 0 Å². The molecule has 0 aliphatic carbocycles. The molecule has 0 radical (unpaired) electrons. The molecule has 0 atom stereocenters. The summed E-state index contributed by atoms with van der Waals surface area (Å²) < 4.78 is 0. The molecular weight excluding hydrogens is 260 g/mol. The number of phenolic OH excluding ortho intramolecular Hbond substituents is 1. The highest BCUT2D eigenvalue weighted by Crippen LogP contribution is 2.19. The van der Waals surface area contributed by atoms with Gasteiger partial charge in [-0.3, -0.25) is 25.4 Å². The largest absolute Gasteiger partial charge is 0.507 e. The van der Waals surface area contributed by atoms with Gasteiger partial charge in [0.2, 0.25) is 0 Å². The second-order valence-corrected chi connectivity index (χ2v) is 3.92. The van der Waals surface area contributed by atoms with Crippen molar-refractivity contribution in [1.29, 1.82) is 0 Å². The molecule has 20 heavy (non-hydrogen) atoms. The lowest BCUT2D eigenvalue weighted by molar-refractivity contribution is 0.0845. The first kappa shape index (κ1) is 13.3. The van der Waals surface area contributed by atoms with Gasteiger partial charge in [-0.2, -0.15) is 0 Å². The van der Waals surface area contributed by atoms with E-state index in [1.54, 1.807) is 0 Å². The van der Waals surface area contributed by atoms with Crippen LogP contribution in [0.5, 0.6) is 5.75 Å². The molecule has 0 fully saturated rings. The number of hydrogen-bond donors (Lipinski definition) is 4. The third kappa shape index (κ3) is 3.02. The number of aromatic nitrogens is 1. The number of pyridine rings is 1. The van der Waals surface area contributed by atoms with E-state index >= 15 is 0 Å². The summed E-state index contributed by atoms with van der Waals surface area (Å²) in [4.78, 5) is 27.2. The van der Waals surface area contributed by atoms with Gasteiger partial charge in [-0.05, 0) is 24.3 Å². The van der Waals surface area contributed by atoms with Crippen LogP contribution >= 0.6 is 0 Å². The van der Waals surface area contributed by atoms with E-state index in [4.69, 9.17) is 5.73 Å². The molecule has 0 unspecified atom stereocenters. The van der Waals surface area contributed by atoms with Crippen molar-refractivity contribution < 1.29 is 14.7 Å². The number of carbonyl (C=O) groups excluding carboxylic acids is 2. The van der Waals surface area contributed by atoms with Gasteiger partial charge in [0.15, 0.2) is 0 Å². The Kier molecular flexibility index (Phi) is 3.80. The molecule has 0 saturated heterocycles. The Morgan fingerprint density at radius 3 is 2.35 bits per heavy atom. The van der Waals surface area contributed by atoms with E-state index in [0.717, 1.165) is 0 Å². The zero-order chi connectivity index (χ0) is 14.5. The van der Waals surface area contributed by atoms with Crippen molar-refractivity contribution in [1.82, 2.24) is 15.8 Å². The number of carbonyl (C=O) groups is 2. The van der Waals surface area contributed by atoms with Crippen molar-refractivity contribution in [2.24, 2.45) is 0 Å². The van der Waals surface area contributed by atoms with Crippen molar-refractivity contribution in [3.63, 3.8) is 0 Å². The number of nitrogen functional groups attached to an aromatic ring is 1. The van der Waals surface area contributed by atoms with Crippen molar-refractivity contribution in [2.45, 2.75) is 0 Å². The van der Waals surface area contributed by atoms with Gasteiger partial charge in [0.25, 0.3) is 11.8 Å². The molecular formula is C13H12N4O3. The summed E-state index contributed by atoms with van der Waals surface area (Å²) >= 11 is 0. The Morgan fingerprint density at radius 1 is 1.05 bits per heavy atom. The molecule has 2 amide bonds. The number of rotatable bonds is 2. The SMILES string of the molecule is Nc1ccc(C(=O)NNC(=O)c2ccncc2)c(O)c1. The number of nitrogens with one attached hydrogen (secondary N) is 2. The normalized spacial score (nSPS) is 9.80. The van der Waals surface area contributed by atoms with E-state index in [2.05, 4.69) is 15.8 Å². The summed E-state index contributed by atoms with van der Waals surface area (Å²) in [7, 11) is 0. The smallest absolute Gasteiger partial charge is 0.273 e. The van der Waals surface area contributed by atoms with Crippen LogP contribution in [0.15, 0.2) is 42.7 Å². The van der Waals surface area contributed by atoms with Crippen LogP contribution in [0.3, 0.4) is 0 Å². The van der Waals surface area contributed by atoms with Crippen molar-refractivity contribution in [2.75, 3.05) is 5.73 Å². The second-order valence-electron chi connectivity index (χ2n) is 3.92. The number of nitrogens with two attached hydrogens (primary N) is 1. The quantitative estimate of drug-likeness (QED) is 0.467. The number of anilines is 1. The maximum absolute atomic E-state index is 11.8. The third-order valence-corrected chi connectivity index (χ3v) is 2.50. The zero-order valence-corrected chi connectivity index (χ0v) is 10.3. The van der Waals surface area contributed by atoms with Crippen LogP contribution in [-0.4, -0.2) is 21.9 Å². The Morgan fingerprint density at radius 2 is 1.70 bits per heavy atom.